The number of esters is 1. The highest BCUT2D eigenvalue weighted by Gasteiger charge is 2.14. The minimum absolute atomic E-state index is 0.251. The second kappa shape index (κ2) is 5.24. The van der Waals surface area contributed by atoms with Crippen molar-refractivity contribution in [3.8, 4) is 5.69 Å². The topological polar surface area (TPSA) is 61.2 Å². The lowest BCUT2D eigenvalue weighted by atomic mass is 10.2. The fourth-order valence-electron chi connectivity index (χ4n) is 1.66. The number of benzene rings is 1. The van der Waals surface area contributed by atoms with Crippen molar-refractivity contribution in [2.45, 2.75) is 6.92 Å². The number of aryl methyl sites for hydroxylation is 1. The smallest absolute Gasteiger partial charge is 0.362 e. The Kier molecular flexibility index (Phi) is 3.66. The Morgan fingerprint density at radius 1 is 1.37 bits per heavy atom. The van der Waals surface area contributed by atoms with Crippen LogP contribution in [0.3, 0.4) is 0 Å². The number of aromatic nitrogens is 2. The Hall–Kier alpha value is -2.14. The number of hydrogen-bond donors (Lipinski definition) is 0. The van der Waals surface area contributed by atoms with Crippen LogP contribution < -0.4 is 5.43 Å². The molecule has 6 heteroatoms. The molecule has 0 radical (unpaired) electrons. The molecule has 0 amide bonds. The van der Waals surface area contributed by atoms with Gasteiger partial charge in [0.25, 0.3) is 0 Å². The van der Waals surface area contributed by atoms with Gasteiger partial charge in [0.15, 0.2) is 0 Å². The summed E-state index contributed by atoms with van der Waals surface area (Å²) in [7, 11) is 1.20. The van der Waals surface area contributed by atoms with Gasteiger partial charge in [-0.3, -0.25) is 4.79 Å². The highest BCUT2D eigenvalue weighted by molar-refractivity contribution is 6.30. The van der Waals surface area contributed by atoms with Gasteiger partial charge in [-0.25, -0.2) is 9.48 Å². The predicted molar refractivity (Wildman–Crippen MR) is 70.9 cm³/mol. The molecule has 1 aromatic carbocycles. The van der Waals surface area contributed by atoms with E-state index in [1.54, 1.807) is 18.2 Å². The molecular weight excluding hydrogens is 268 g/mol. The van der Waals surface area contributed by atoms with Crippen LogP contribution in [0.5, 0.6) is 0 Å². The van der Waals surface area contributed by atoms with Crippen LogP contribution in [0.2, 0.25) is 5.02 Å². The van der Waals surface area contributed by atoms with Gasteiger partial charge in [0.05, 0.1) is 12.8 Å². The molecule has 0 aliphatic heterocycles. The van der Waals surface area contributed by atoms with Gasteiger partial charge >= 0.3 is 5.97 Å². The lowest BCUT2D eigenvalue weighted by Crippen LogP contribution is -2.21. The Balaban J connectivity index is 2.57. The Morgan fingerprint density at radius 2 is 2.11 bits per heavy atom. The van der Waals surface area contributed by atoms with E-state index in [2.05, 4.69) is 9.84 Å². The van der Waals surface area contributed by atoms with Crippen molar-refractivity contribution in [1.82, 2.24) is 9.78 Å². The largest absolute Gasteiger partial charge is 0.464 e. The summed E-state index contributed by atoms with van der Waals surface area (Å²) in [5.41, 5.74) is 0.878. The number of nitrogens with zero attached hydrogens (tertiary/aromatic N) is 2. The molecule has 0 bridgehead atoms. The van der Waals surface area contributed by atoms with Gasteiger partial charge in [-0.2, -0.15) is 5.10 Å². The van der Waals surface area contributed by atoms with E-state index in [0.29, 0.717) is 5.02 Å². The molecule has 0 saturated heterocycles. The van der Waals surface area contributed by atoms with Gasteiger partial charge in [-0.1, -0.05) is 11.6 Å². The zero-order valence-electron chi connectivity index (χ0n) is 10.4. The molecule has 1 heterocycles. The molecular formula is C13H11ClN2O3. The fraction of sp³-hybridized carbons (Fsp3) is 0.154. The van der Waals surface area contributed by atoms with E-state index in [1.807, 2.05) is 6.92 Å². The van der Waals surface area contributed by atoms with Gasteiger partial charge in [0.1, 0.15) is 0 Å². The summed E-state index contributed by atoms with van der Waals surface area (Å²) in [6.07, 6.45) is 1.49. The Labute approximate surface area is 114 Å². The molecule has 1 aromatic heterocycles. The molecule has 2 aromatic rings. The van der Waals surface area contributed by atoms with Crippen LogP contribution >= 0.6 is 11.6 Å². The van der Waals surface area contributed by atoms with Crippen molar-refractivity contribution >= 4 is 17.6 Å². The van der Waals surface area contributed by atoms with E-state index in [4.69, 9.17) is 11.6 Å². The monoisotopic (exact) mass is 278 g/mol. The molecule has 0 N–H and O–H groups in total. The predicted octanol–water partition coefficient (Wildman–Crippen LogP) is 1.98. The Bertz CT molecular complexity index is 695. The van der Waals surface area contributed by atoms with Crippen molar-refractivity contribution < 1.29 is 9.53 Å². The lowest BCUT2D eigenvalue weighted by molar-refractivity contribution is 0.0590. The van der Waals surface area contributed by atoms with E-state index in [9.17, 15) is 9.59 Å². The molecule has 0 spiro atoms. The van der Waals surface area contributed by atoms with Gasteiger partial charge in [-0.05, 0) is 30.7 Å². The van der Waals surface area contributed by atoms with Gasteiger partial charge in [-0.15, -0.1) is 0 Å². The van der Waals surface area contributed by atoms with E-state index in [0.717, 1.165) is 11.3 Å². The summed E-state index contributed by atoms with van der Waals surface area (Å²) >= 11 is 5.88. The van der Waals surface area contributed by atoms with Crippen molar-refractivity contribution in [2.75, 3.05) is 7.11 Å². The summed E-state index contributed by atoms with van der Waals surface area (Å²) in [5, 5.41) is 4.60. The summed E-state index contributed by atoms with van der Waals surface area (Å²) in [4.78, 5) is 23.0. The maximum atomic E-state index is 11.5. The SMILES string of the molecule is COC(=O)c1nn(-c2ccc(Cl)cc2C)ccc1=O. The second-order valence-corrected chi connectivity index (χ2v) is 4.33. The van der Waals surface area contributed by atoms with Crippen LogP contribution in [0, 0.1) is 6.92 Å². The number of hydrogen-bond acceptors (Lipinski definition) is 4. The van der Waals surface area contributed by atoms with Crippen molar-refractivity contribution in [3.05, 3.63) is 57.0 Å². The molecule has 0 aliphatic carbocycles. The van der Waals surface area contributed by atoms with E-state index in [-0.39, 0.29) is 5.69 Å². The molecule has 0 atom stereocenters. The number of ether oxygens (including phenoxy) is 1. The van der Waals surface area contributed by atoms with E-state index in [1.165, 1.54) is 24.1 Å². The highest BCUT2D eigenvalue weighted by Crippen LogP contribution is 2.17. The first-order valence-corrected chi connectivity index (χ1v) is 5.85. The molecule has 98 valence electrons. The lowest BCUT2D eigenvalue weighted by Gasteiger charge is -2.09. The number of halogens is 1. The standard InChI is InChI=1S/C13H11ClN2O3/c1-8-7-9(14)3-4-10(8)16-6-5-11(17)12(15-16)13(18)19-2/h3-7H,1-2H3. The first-order valence-electron chi connectivity index (χ1n) is 5.48. The van der Waals surface area contributed by atoms with E-state index >= 15 is 0 Å². The summed E-state index contributed by atoms with van der Waals surface area (Å²) < 4.78 is 5.97. The summed E-state index contributed by atoms with van der Waals surface area (Å²) in [6, 6.07) is 6.51. The van der Waals surface area contributed by atoms with Crippen LogP contribution in [0.4, 0.5) is 0 Å². The van der Waals surface area contributed by atoms with Crippen LogP contribution in [0.25, 0.3) is 5.69 Å². The maximum absolute atomic E-state index is 11.5. The highest BCUT2D eigenvalue weighted by atomic mass is 35.5. The molecule has 0 unspecified atom stereocenters. The van der Waals surface area contributed by atoms with Gasteiger partial charge in [0, 0.05) is 17.3 Å². The minimum atomic E-state index is -0.758. The van der Waals surface area contributed by atoms with Crippen molar-refractivity contribution in [3.63, 3.8) is 0 Å². The number of methoxy groups -OCH3 is 1. The minimum Gasteiger partial charge on any atom is -0.464 e. The van der Waals surface area contributed by atoms with E-state index < -0.39 is 11.4 Å². The maximum Gasteiger partial charge on any atom is 0.362 e. The third-order valence-electron chi connectivity index (χ3n) is 2.59. The summed E-state index contributed by atoms with van der Waals surface area (Å²) in [5.74, 6) is -0.758. The van der Waals surface area contributed by atoms with Crippen LogP contribution in [0.15, 0.2) is 35.3 Å². The zero-order valence-corrected chi connectivity index (χ0v) is 11.1. The van der Waals surface area contributed by atoms with Gasteiger partial charge < -0.3 is 4.74 Å². The zero-order chi connectivity index (χ0) is 14.0. The average molecular weight is 279 g/mol. The first-order chi connectivity index (χ1) is 9.02. The molecule has 19 heavy (non-hydrogen) atoms. The molecule has 0 saturated carbocycles. The third-order valence-corrected chi connectivity index (χ3v) is 2.83. The van der Waals surface area contributed by atoms with Gasteiger partial charge in [0.2, 0.25) is 11.1 Å². The summed E-state index contributed by atoms with van der Waals surface area (Å²) in [6.45, 7) is 1.86. The van der Waals surface area contributed by atoms with Crippen molar-refractivity contribution in [1.29, 1.82) is 0 Å². The number of carbonyl (C=O) groups is 1. The van der Waals surface area contributed by atoms with Crippen LogP contribution in [-0.2, 0) is 4.74 Å². The fourth-order valence-corrected chi connectivity index (χ4v) is 1.88. The normalized spacial score (nSPS) is 10.3. The second-order valence-electron chi connectivity index (χ2n) is 3.90. The molecule has 5 nitrogen and oxygen atoms in total. The first kappa shape index (κ1) is 13.3. The quantitative estimate of drug-likeness (QED) is 0.788. The third kappa shape index (κ3) is 2.66. The van der Waals surface area contributed by atoms with Crippen LogP contribution in [0.1, 0.15) is 16.1 Å². The van der Waals surface area contributed by atoms with Crippen molar-refractivity contribution in [2.24, 2.45) is 0 Å². The molecule has 0 aliphatic rings. The molecule has 2 rings (SSSR count). The number of rotatable bonds is 2. The van der Waals surface area contributed by atoms with Crippen LogP contribution in [-0.4, -0.2) is 22.9 Å². The number of carbonyl (C=O) groups excluding carboxylic acids is 1. The average Bonchev–Trinajstić information content (AvgIpc) is 2.39. The Morgan fingerprint density at radius 3 is 2.74 bits per heavy atom. The molecule has 0 fully saturated rings.